The highest BCUT2D eigenvalue weighted by Gasteiger charge is 2.39. The number of aromatic nitrogens is 1. The van der Waals surface area contributed by atoms with Crippen molar-refractivity contribution in [1.82, 2.24) is 4.98 Å². The third-order valence-electron chi connectivity index (χ3n) is 6.47. The van der Waals surface area contributed by atoms with E-state index in [0.29, 0.717) is 44.8 Å². The van der Waals surface area contributed by atoms with Gasteiger partial charge >= 0.3 is 5.97 Å². The molecule has 8 nitrogen and oxygen atoms in total. The maximum atomic E-state index is 13.0. The average Bonchev–Trinajstić information content (AvgIpc) is 2.78. The summed E-state index contributed by atoms with van der Waals surface area (Å²) in [5, 5.41) is 20.4. The lowest BCUT2D eigenvalue weighted by atomic mass is 9.81. The van der Waals surface area contributed by atoms with Crippen molar-refractivity contribution in [3.63, 3.8) is 0 Å². The van der Waals surface area contributed by atoms with E-state index in [1.54, 1.807) is 27.7 Å². The molecule has 0 fully saturated rings. The Labute approximate surface area is 217 Å². The highest BCUT2D eigenvalue weighted by atomic mass is 32.2. The number of aliphatic carboxylic acids is 1. The first-order valence-corrected chi connectivity index (χ1v) is 13.8. The number of carboxylic acid groups (broad SMARTS) is 1. The zero-order valence-corrected chi connectivity index (χ0v) is 22.9. The Balaban J connectivity index is 2.21. The van der Waals surface area contributed by atoms with Gasteiger partial charge in [-0.15, -0.1) is 0 Å². The molecule has 0 aliphatic carbocycles. The summed E-state index contributed by atoms with van der Waals surface area (Å²) in [6, 6.07) is 9.25. The number of nitrogens with zero attached hydrogens (tertiary/aromatic N) is 2. The smallest absolute Gasteiger partial charge is 0.337 e. The van der Waals surface area contributed by atoms with Gasteiger partial charge in [-0.3, -0.25) is 9.29 Å². The Hall–Kier alpha value is -3.43. The predicted molar refractivity (Wildman–Crippen MR) is 143 cm³/mol. The van der Waals surface area contributed by atoms with Gasteiger partial charge in [-0.2, -0.15) is 0 Å². The molecule has 2 aromatic carbocycles. The average molecular weight is 525 g/mol. The summed E-state index contributed by atoms with van der Waals surface area (Å²) < 4.78 is 33.4. The first kappa shape index (κ1) is 26.6. The molecule has 3 aromatic rings. The number of aryl methyl sites for hydroxylation is 1. The number of ether oxygens (including phenoxy) is 1. The van der Waals surface area contributed by atoms with Crippen LogP contribution in [0.15, 0.2) is 36.5 Å². The van der Waals surface area contributed by atoms with Gasteiger partial charge in [-0.25, -0.2) is 13.2 Å². The molecule has 0 radical (unpaired) electrons. The monoisotopic (exact) mass is 524 g/mol. The summed E-state index contributed by atoms with van der Waals surface area (Å²) in [5.41, 5.74) is 5.33. The van der Waals surface area contributed by atoms with Crippen LogP contribution in [0.25, 0.3) is 22.4 Å². The first-order chi connectivity index (χ1) is 17.1. The highest BCUT2D eigenvalue weighted by molar-refractivity contribution is 7.92. The Morgan fingerprint density at radius 3 is 2.24 bits per heavy atom. The van der Waals surface area contributed by atoms with Gasteiger partial charge in [-0.1, -0.05) is 29.8 Å². The molecule has 196 valence electrons. The fourth-order valence-electron chi connectivity index (χ4n) is 4.98. The number of anilines is 1. The second-order valence-corrected chi connectivity index (χ2v) is 12.5. The van der Waals surface area contributed by atoms with Crippen molar-refractivity contribution >= 4 is 21.7 Å². The molecule has 0 bridgehead atoms. The molecule has 9 heteroatoms. The van der Waals surface area contributed by atoms with Crippen LogP contribution < -0.4 is 4.31 Å². The molecular weight excluding hydrogens is 492 g/mol. The van der Waals surface area contributed by atoms with Crippen LogP contribution in [0.3, 0.4) is 0 Å². The lowest BCUT2D eigenvalue weighted by Gasteiger charge is -2.36. The third kappa shape index (κ3) is 4.93. The number of fused-ring (bicyclic) bond motifs is 3. The van der Waals surface area contributed by atoms with E-state index < -0.39 is 27.7 Å². The Morgan fingerprint density at radius 2 is 1.70 bits per heavy atom. The van der Waals surface area contributed by atoms with Gasteiger partial charge in [0.2, 0.25) is 10.0 Å². The second-order valence-electron chi connectivity index (χ2n) is 10.5. The molecule has 2 N–H and O–H groups in total. The topological polar surface area (TPSA) is 117 Å². The number of hydrogen-bond acceptors (Lipinski definition) is 6. The minimum absolute atomic E-state index is 0.0377. The molecule has 0 spiro atoms. The number of carbonyl (C=O) groups is 1. The van der Waals surface area contributed by atoms with Crippen LogP contribution in [-0.2, 0) is 26.1 Å². The number of hydrogen-bond donors (Lipinski definition) is 2. The summed E-state index contributed by atoms with van der Waals surface area (Å²) in [5.74, 6) is -1.24. The van der Waals surface area contributed by atoms with E-state index in [-0.39, 0.29) is 12.3 Å². The summed E-state index contributed by atoms with van der Waals surface area (Å²) in [4.78, 5) is 17.1. The van der Waals surface area contributed by atoms with Gasteiger partial charge in [0.25, 0.3) is 0 Å². The zero-order chi connectivity index (χ0) is 27.4. The number of rotatable bonds is 5. The van der Waals surface area contributed by atoms with Crippen molar-refractivity contribution < 1.29 is 28.2 Å². The van der Waals surface area contributed by atoms with Crippen molar-refractivity contribution in [1.29, 1.82) is 0 Å². The molecule has 1 aliphatic heterocycles. The van der Waals surface area contributed by atoms with Crippen LogP contribution >= 0.6 is 0 Å². The summed E-state index contributed by atoms with van der Waals surface area (Å²) in [6.45, 7) is 10.9. The van der Waals surface area contributed by atoms with Crippen LogP contribution in [0, 0.1) is 20.8 Å². The predicted octanol–water partition coefficient (Wildman–Crippen LogP) is 5.27. The van der Waals surface area contributed by atoms with Gasteiger partial charge in [0.05, 0.1) is 36.0 Å². The molecule has 4 rings (SSSR count). The van der Waals surface area contributed by atoms with Gasteiger partial charge < -0.3 is 14.9 Å². The van der Waals surface area contributed by atoms with E-state index in [1.165, 1.54) is 16.6 Å². The van der Waals surface area contributed by atoms with E-state index in [2.05, 4.69) is 4.98 Å². The largest absolute Gasteiger partial charge is 0.506 e. The lowest BCUT2D eigenvalue weighted by molar-refractivity contribution is -0.160. The molecule has 2 heterocycles. The molecular formula is C28H32N2O6S. The minimum Gasteiger partial charge on any atom is -0.506 e. The minimum atomic E-state index is -3.78. The quantitative estimate of drug-likeness (QED) is 0.467. The van der Waals surface area contributed by atoms with Crippen LogP contribution in [-0.4, -0.2) is 41.4 Å². The number of aromatic hydroxyl groups is 1. The number of pyridine rings is 1. The molecule has 37 heavy (non-hydrogen) atoms. The highest BCUT2D eigenvalue weighted by Crippen LogP contribution is 2.51. The number of benzene rings is 2. The standard InChI is InChI=1S/C28H32N2O6S/c1-15-8-10-18(11-9-15)21-16(2)23-24-19(12-20(31)13-29-24)14-30(37(7,34)35)25(23)17(3)22(21)26(27(32)33)36-28(4,5)6/h8-13,26,31H,14H2,1-7H3,(H,32,33)/t26-/m0/s1. The SMILES string of the molecule is Cc1ccc(-c2c(C)c3c(c(C)c2[C@H](OC(C)(C)C)C(=O)O)N(S(C)(=O)=O)Cc2cc(O)cnc2-3)cc1. The fourth-order valence-corrected chi connectivity index (χ4v) is 5.91. The number of carboxylic acids is 1. The van der Waals surface area contributed by atoms with Gasteiger partial charge in [0.1, 0.15) is 5.75 Å². The molecule has 1 aromatic heterocycles. The third-order valence-corrected chi connectivity index (χ3v) is 7.58. The molecule has 0 amide bonds. The van der Waals surface area contributed by atoms with E-state index in [0.717, 1.165) is 17.4 Å². The van der Waals surface area contributed by atoms with E-state index in [9.17, 15) is 23.4 Å². The van der Waals surface area contributed by atoms with Crippen LogP contribution in [0.2, 0.25) is 0 Å². The van der Waals surface area contributed by atoms with Gasteiger partial charge in [0, 0.05) is 16.7 Å². The normalized spacial score (nSPS) is 14.2. The lowest BCUT2D eigenvalue weighted by Crippen LogP contribution is -2.35. The van der Waals surface area contributed by atoms with Gasteiger partial charge in [0.15, 0.2) is 6.10 Å². The van der Waals surface area contributed by atoms with E-state index in [1.807, 2.05) is 38.1 Å². The van der Waals surface area contributed by atoms with Crippen molar-refractivity contribution in [3.8, 4) is 28.1 Å². The maximum Gasteiger partial charge on any atom is 0.337 e. The van der Waals surface area contributed by atoms with E-state index in [4.69, 9.17) is 4.74 Å². The molecule has 1 atom stereocenters. The molecule has 1 aliphatic rings. The maximum absolute atomic E-state index is 13.0. The van der Waals surface area contributed by atoms with Gasteiger partial charge in [-0.05, 0) is 69.9 Å². The van der Waals surface area contributed by atoms with Crippen LogP contribution in [0.1, 0.15) is 54.7 Å². The fraction of sp³-hybridized carbons (Fsp3) is 0.357. The Bertz CT molecular complexity index is 1510. The Morgan fingerprint density at radius 1 is 1.08 bits per heavy atom. The first-order valence-electron chi connectivity index (χ1n) is 11.9. The zero-order valence-electron chi connectivity index (χ0n) is 22.1. The van der Waals surface area contributed by atoms with Crippen molar-refractivity contribution in [2.75, 3.05) is 10.6 Å². The molecule has 0 saturated carbocycles. The molecule has 0 saturated heterocycles. The summed E-state index contributed by atoms with van der Waals surface area (Å²) in [7, 11) is -3.78. The second kappa shape index (κ2) is 9.15. The summed E-state index contributed by atoms with van der Waals surface area (Å²) in [6.07, 6.45) is 1.09. The molecule has 0 unspecified atom stereocenters. The summed E-state index contributed by atoms with van der Waals surface area (Å²) >= 11 is 0. The van der Waals surface area contributed by atoms with Crippen LogP contribution in [0.4, 0.5) is 5.69 Å². The van der Waals surface area contributed by atoms with Crippen LogP contribution in [0.5, 0.6) is 5.75 Å². The van der Waals surface area contributed by atoms with Crippen molar-refractivity contribution in [2.24, 2.45) is 0 Å². The van der Waals surface area contributed by atoms with Crippen molar-refractivity contribution in [3.05, 3.63) is 64.3 Å². The number of sulfonamides is 1. The Kier molecular flexibility index (Phi) is 6.58. The van der Waals surface area contributed by atoms with E-state index >= 15 is 0 Å². The van der Waals surface area contributed by atoms with Crippen molar-refractivity contribution in [2.45, 2.75) is 59.8 Å².